The van der Waals surface area contributed by atoms with Crippen molar-refractivity contribution in [2.45, 2.75) is 45.2 Å². The van der Waals surface area contributed by atoms with Crippen molar-refractivity contribution in [2.75, 3.05) is 16.8 Å². The molecule has 4 aliphatic heterocycles. The summed E-state index contributed by atoms with van der Waals surface area (Å²) >= 11 is 6.32. The lowest BCUT2D eigenvalue weighted by Gasteiger charge is -2.37. The summed E-state index contributed by atoms with van der Waals surface area (Å²) < 4.78 is 0. The highest BCUT2D eigenvalue weighted by Crippen LogP contribution is 2.61. The van der Waals surface area contributed by atoms with Gasteiger partial charge in [0.1, 0.15) is 5.54 Å². The third-order valence-corrected chi connectivity index (χ3v) is 8.33. The molecule has 0 unspecified atom stereocenters. The Bertz CT molecular complexity index is 1240. The minimum Gasteiger partial charge on any atom is -0.324 e. The van der Waals surface area contributed by atoms with Gasteiger partial charge in [0.25, 0.3) is 0 Å². The Kier molecular flexibility index (Phi) is 4.00. The quantitative estimate of drug-likeness (QED) is 0.674. The van der Waals surface area contributed by atoms with Crippen molar-refractivity contribution in [2.24, 2.45) is 11.8 Å². The van der Waals surface area contributed by atoms with Crippen LogP contribution in [0.3, 0.4) is 0 Å². The largest absolute Gasteiger partial charge is 0.324 e. The molecular formula is C25H24ClN3O3. The number of amides is 3. The number of carbonyl (C=O) groups is 3. The van der Waals surface area contributed by atoms with Crippen molar-refractivity contribution >= 4 is 40.7 Å². The van der Waals surface area contributed by atoms with Gasteiger partial charge in [0.15, 0.2) is 0 Å². The molecule has 6 rings (SSSR count). The number of hydrogen-bond donors (Lipinski definition) is 1. The minimum absolute atomic E-state index is 0.126. The molecule has 0 saturated carbocycles. The van der Waals surface area contributed by atoms with Crippen molar-refractivity contribution in [3.8, 4) is 0 Å². The summed E-state index contributed by atoms with van der Waals surface area (Å²) in [6, 6.07) is 9.19. The van der Waals surface area contributed by atoms with Gasteiger partial charge in [-0.2, -0.15) is 0 Å². The second-order valence-corrected chi connectivity index (χ2v) is 9.93. The number of imide groups is 1. The van der Waals surface area contributed by atoms with Crippen LogP contribution >= 0.6 is 11.6 Å². The summed E-state index contributed by atoms with van der Waals surface area (Å²) in [4.78, 5) is 45.0. The van der Waals surface area contributed by atoms with E-state index in [1.54, 1.807) is 18.2 Å². The molecule has 6 nitrogen and oxygen atoms in total. The summed E-state index contributed by atoms with van der Waals surface area (Å²) in [5, 5.41) is 3.58. The van der Waals surface area contributed by atoms with Gasteiger partial charge in [-0.25, -0.2) is 4.90 Å². The number of nitrogens with zero attached hydrogens (tertiary/aromatic N) is 2. The first-order valence-electron chi connectivity index (χ1n) is 11.1. The molecule has 32 heavy (non-hydrogen) atoms. The maximum absolute atomic E-state index is 14.0. The van der Waals surface area contributed by atoms with Gasteiger partial charge in [0, 0.05) is 22.3 Å². The fraction of sp³-hybridized carbons (Fsp3) is 0.400. The first-order chi connectivity index (χ1) is 15.3. The van der Waals surface area contributed by atoms with E-state index < -0.39 is 17.4 Å². The van der Waals surface area contributed by atoms with Crippen LogP contribution in [0.15, 0.2) is 30.3 Å². The number of benzene rings is 2. The number of halogens is 1. The van der Waals surface area contributed by atoms with Crippen LogP contribution in [0.25, 0.3) is 0 Å². The summed E-state index contributed by atoms with van der Waals surface area (Å²) in [6.07, 6.45) is 1.71. The summed E-state index contributed by atoms with van der Waals surface area (Å²) in [5.41, 5.74) is 3.69. The van der Waals surface area contributed by atoms with Gasteiger partial charge in [-0.1, -0.05) is 35.4 Å². The molecule has 3 amide bonds. The molecule has 0 aliphatic carbocycles. The fourth-order valence-corrected chi connectivity index (χ4v) is 6.91. The van der Waals surface area contributed by atoms with Crippen LogP contribution in [0, 0.1) is 32.6 Å². The van der Waals surface area contributed by atoms with E-state index in [0.717, 1.165) is 35.2 Å². The van der Waals surface area contributed by atoms with Gasteiger partial charge < -0.3 is 5.32 Å². The Balaban J connectivity index is 1.59. The average molecular weight is 450 g/mol. The van der Waals surface area contributed by atoms with Gasteiger partial charge in [-0.15, -0.1) is 0 Å². The maximum Gasteiger partial charge on any atom is 0.250 e. The zero-order chi connectivity index (χ0) is 22.5. The Morgan fingerprint density at radius 1 is 1.09 bits per heavy atom. The second-order valence-electron chi connectivity index (χ2n) is 9.53. The molecule has 0 bridgehead atoms. The van der Waals surface area contributed by atoms with E-state index in [1.807, 2.05) is 32.9 Å². The monoisotopic (exact) mass is 449 g/mol. The molecule has 4 heterocycles. The topological polar surface area (TPSA) is 69.7 Å². The second kappa shape index (κ2) is 6.42. The predicted molar refractivity (Wildman–Crippen MR) is 122 cm³/mol. The molecule has 3 saturated heterocycles. The smallest absolute Gasteiger partial charge is 0.250 e. The van der Waals surface area contributed by atoms with E-state index in [2.05, 4.69) is 10.2 Å². The highest BCUT2D eigenvalue weighted by Gasteiger charge is 2.74. The molecule has 4 aliphatic rings. The molecule has 2 aromatic rings. The van der Waals surface area contributed by atoms with Crippen molar-refractivity contribution in [3.05, 3.63) is 57.6 Å². The number of carbonyl (C=O) groups excluding carboxylic acids is 3. The molecule has 2 aromatic carbocycles. The van der Waals surface area contributed by atoms with Gasteiger partial charge in [-0.3, -0.25) is 19.3 Å². The molecule has 0 aromatic heterocycles. The molecule has 3 fully saturated rings. The molecule has 4 atom stereocenters. The average Bonchev–Trinajstić information content (AvgIpc) is 3.44. The van der Waals surface area contributed by atoms with Crippen LogP contribution in [0.2, 0.25) is 5.02 Å². The van der Waals surface area contributed by atoms with Gasteiger partial charge in [0.2, 0.25) is 17.7 Å². The maximum atomic E-state index is 14.0. The number of rotatable bonds is 1. The zero-order valence-electron chi connectivity index (χ0n) is 18.2. The van der Waals surface area contributed by atoms with Crippen LogP contribution in [0.1, 0.15) is 35.1 Å². The third-order valence-electron chi connectivity index (χ3n) is 7.92. The Hall–Kier alpha value is -2.70. The summed E-state index contributed by atoms with van der Waals surface area (Å²) in [5.74, 6) is -2.00. The van der Waals surface area contributed by atoms with E-state index in [4.69, 9.17) is 11.6 Å². The van der Waals surface area contributed by atoms with Crippen molar-refractivity contribution in [1.29, 1.82) is 0 Å². The molecular weight excluding hydrogens is 426 g/mol. The lowest BCUT2D eigenvalue weighted by Crippen LogP contribution is -2.54. The Morgan fingerprint density at radius 3 is 2.66 bits per heavy atom. The number of hydrogen-bond acceptors (Lipinski definition) is 4. The van der Waals surface area contributed by atoms with Crippen molar-refractivity contribution in [1.82, 2.24) is 4.90 Å². The highest BCUT2D eigenvalue weighted by atomic mass is 35.5. The van der Waals surface area contributed by atoms with Gasteiger partial charge >= 0.3 is 0 Å². The number of aryl methyl sites for hydroxylation is 2. The summed E-state index contributed by atoms with van der Waals surface area (Å²) in [7, 11) is 0. The van der Waals surface area contributed by atoms with Gasteiger partial charge in [-0.05, 0) is 63.4 Å². The minimum atomic E-state index is -1.15. The lowest BCUT2D eigenvalue weighted by atomic mass is 9.75. The zero-order valence-corrected chi connectivity index (χ0v) is 19.0. The van der Waals surface area contributed by atoms with Crippen LogP contribution in [-0.4, -0.2) is 35.2 Å². The molecule has 1 spiro atoms. The number of anilines is 2. The first kappa shape index (κ1) is 19.9. The molecule has 0 radical (unpaired) electrons. The molecule has 164 valence electrons. The van der Waals surface area contributed by atoms with E-state index in [1.165, 1.54) is 4.90 Å². The molecule has 1 N–H and O–H groups in total. The normalized spacial score (nSPS) is 30.8. The van der Waals surface area contributed by atoms with Crippen LogP contribution in [0.5, 0.6) is 0 Å². The Labute approximate surface area is 191 Å². The fourth-order valence-electron chi connectivity index (χ4n) is 6.74. The van der Waals surface area contributed by atoms with Crippen molar-refractivity contribution in [3.63, 3.8) is 0 Å². The number of nitrogens with one attached hydrogen (secondary N) is 1. The Morgan fingerprint density at radius 2 is 1.88 bits per heavy atom. The number of fused-ring (bicyclic) bond motifs is 7. The van der Waals surface area contributed by atoms with Crippen LogP contribution in [0.4, 0.5) is 11.4 Å². The van der Waals surface area contributed by atoms with E-state index in [-0.39, 0.29) is 23.8 Å². The van der Waals surface area contributed by atoms with Gasteiger partial charge in [0.05, 0.1) is 17.5 Å². The summed E-state index contributed by atoms with van der Waals surface area (Å²) in [6.45, 7) is 6.49. The standard InChI is InChI=1S/C25H24ClN3O3/c1-12-10-13(2)21-15(11-12)25(24(32)27-21)20-19(18-8-5-9-28(18)25)22(30)29(23(20)31)17-7-4-6-16(26)14(17)3/h4,6-7,10-11,18-20H,5,8-9H2,1-3H3,(H,27,32)/t18-,19-,20-,25-/m1/s1. The first-order valence-corrected chi connectivity index (χ1v) is 11.5. The highest BCUT2D eigenvalue weighted by molar-refractivity contribution is 6.32. The van der Waals surface area contributed by atoms with E-state index in [9.17, 15) is 14.4 Å². The van der Waals surface area contributed by atoms with E-state index >= 15 is 0 Å². The van der Waals surface area contributed by atoms with Crippen molar-refractivity contribution < 1.29 is 14.4 Å². The third kappa shape index (κ3) is 2.17. The predicted octanol–water partition coefficient (Wildman–Crippen LogP) is 3.70. The van der Waals surface area contributed by atoms with Crippen LogP contribution < -0.4 is 10.2 Å². The van der Waals surface area contributed by atoms with E-state index in [0.29, 0.717) is 22.8 Å². The van der Waals surface area contributed by atoms with Crippen LogP contribution in [-0.2, 0) is 19.9 Å². The SMILES string of the molecule is Cc1cc(C)c2c(c1)[C@]1(C(=O)N2)[C@H]2C(=O)N(c3cccc(Cl)c3C)C(=O)[C@@H]2[C@H]2CCCN21. The molecule has 7 heteroatoms. The lowest BCUT2D eigenvalue weighted by molar-refractivity contribution is -0.135.